The molecule has 0 bridgehead atoms. The van der Waals surface area contributed by atoms with Crippen LogP contribution in [0.3, 0.4) is 0 Å². The van der Waals surface area contributed by atoms with Gasteiger partial charge in [0.2, 0.25) is 0 Å². The molecule has 2 aromatic rings. The molecule has 0 saturated carbocycles. The van der Waals surface area contributed by atoms with Gasteiger partial charge in [0.15, 0.2) is 11.5 Å². The van der Waals surface area contributed by atoms with Crippen molar-refractivity contribution in [1.82, 2.24) is 0 Å². The second-order valence-electron chi connectivity index (χ2n) is 4.51. The summed E-state index contributed by atoms with van der Waals surface area (Å²) in [6, 6.07) is 7.04. The van der Waals surface area contributed by atoms with Crippen molar-refractivity contribution in [2.75, 3.05) is 6.54 Å². The quantitative estimate of drug-likeness (QED) is 0.619. The number of halogens is 5. The summed E-state index contributed by atoms with van der Waals surface area (Å²) in [5.74, 6) is -0.654. The van der Waals surface area contributed by atoms with Gasteiger partial charge in [-0.1, -0.05) is 23.2 Å². The number of rotatable bonds is 4. The Kier molecular flexibility index (Phi) is 5.58. The van der Waals surface area contributed by atoms with Crippen molar-refractivity contribution in [1.29, 1.82) is 0 Å². The number of hydrogen-bond donors (Lipinski definition) is 1. The van der Waals surface area contributed by atoms with E-state index in [1.54, 1.807) is 0 Å². The summed E-state index contributed by atoms with van der Waals surface area (Å²) in [6.45, 7) is -0.353. The van der Waals surface area contributed by atoms with Crippen LogP contribution in [0.2, 0.25) is 10.0 Å². The van der Waals surface area contributed by atoms with Crippen LogP contribution in [0.1, 0.15) is 5.56 Å². The molecule has 0 aromatic heterocycles. The number of alkyl halides is 3. The molecule has 0 atom stereocenters. The third-order valence-corrected chi connectivity index (χ3v) is 3.32. The van der Waals surface area contributed by atoms with Crippen LogP contribution in [0.4, 0.5) is 13.2 Å². The molecular weight excluding hydrogens is 370 g/mol. The van der Waals surface area contributed by atoms with Crippen molar-refractivity contribution in [3.63, 3.8) is 0 Å². The van der Waals surface area contributed by atoms with E-state index in [0.717, 1.165) is 18.2 Å². The third kappa shape index (κ3) is 4.53. The van der Waals surface area contributed by atoms with E-state index >= 15 is 0 Å². The van der Waals surface area contributed by atoms with Crippen LogP contribution in [0.25, 0.3) is 0 Å². The fraction of sp³-hybridized carbons (Fsp3) is 0.133. The van der Waals surface area contributed by atoms with Gasteiger partial charge in [-0.25, -0.2) is 0 Å². The fourth-order valence-electron chi connectivity index (χ4n) is 1.73. The Labute approximate surface area is 144 Å². The van der Waals surface area contributed by atoms with Gasteiger partial charge in [-0.15, -0.1) is 0 Å². The molecule has 24 heavy (non-hydrogen) atoms. The molecule has 9 heteroatoms. The molecule has 2 rings (SSSR count). The average Bonchev–Trinajstić information content (AvgIpc) is 2.48. The molecule has 0 amide bonds. The van der Waals surface area contributed by atoms with E-state index in [1.165, 1.54) is 18.2 Å². The molecule has 4 nitrogen and oxygen atoms in total. The molecule has 2 N–H and O–H groups in total. The maximum absolute atomic E-state index is 12.7. The molecule has 0 fully saturated rings. The van der Waals surface area contributed by atoms with Gasteiger partial charge in [0.05, 0.1) is 17.1 Å². The minimum Gasteiger partial charge on any atom is -0.453 e. The van der Waals surface area contributed by atoms with E-state index in [2.05, 4.69) is 0 Å². The van der Waals surface area contributed by atoms with Crippen molar-refractivity contribution in [3.05, 3.63) is 52.0 Å². The minimum atomic E-state index is -4.58. The minimum absolute atomic E-state index is 0.0142. The summed E-state index contributed by atoms with van der Waals surface area (Å²) in [4.78, 5) is 11.3. The van der Waals surface area contributed by atoms with Gasteiger partial charge in [0.1, 0.15) is 5.75 Å². The van der Waals surface area contributed by atoms with Crippen LogP contribution in [0.5, 0.6) is 17.2 Å². The number of carbonyl (C=O) groups is 1. The lowest BCUT2D eigenvalue weighted by Crippen LogP contribution is -2.19. The number of hydrogen-bond acceptors (Lipinski definition) is 4. The zero-order valence-electron chi connectivity index (χ0n) is 11.9. The molecule has 0 spiro atoms. The highest BCUT2D eigenvalue weighted by atomic mass is 35.5. The van der Waals surface area contributed by atoms with Gasteiger partial charge in [-0.3, -0.25) is 4.79 Å². The maximum atomic E-state index is 12.7. The van der Waals surface area contributed by atoms with Crippen molar-refractivity contribution in [2.45, 2.75) is 6.18 Å². The molecule has 0 radical (unpaired) electrons. The lowest BCUT2D eigenvalue weighted by Gasteiger charge is -2.13. The highest BCUT2D eigenvalue weighted by molar-refractivity contribution is 6.31. The van der Waals surface area contributed by atoms with E-state index < -0.39 is 22.7 Å². The Morgan fingerprint density at radius 3 is 2.38 bits per heavy atom. The predicted octanol–water partition coefficient (Wildman–Crippen LogP) is 4.67. The first-order valence-corrected chi connectivity index (χ1v) is 7.21. The molecule has 0 heterocycles. The molecule has 0 aliphatic rings. The Morgan fingerprint density at radius 2 is 1.79 bits per heavy atom. The summed E-state index contributed by atoms with van der Waals surface area (Å²) < 4.78 is 48.5. The zero-order valence-corrected chi connectivity index (χ0v) is 13.4. The lowest BCUT2D eigenvalue weighted by atomic mass is 10.2. The van der Waals surface area contributed by atoms with Crippen molar-refractivity contribution >= 4 is 29.2 Å². The average molecular weight is 380 g/mol. The maximum Gasteiger partial charge on any atom is 0.417 e. The number of benzene rings is 2. The first-order valence-electron chi connectivity index (χ1n) is 6.45. The topological polar surface area (TPSA) is 61.6 Å². The van der Waals surface area contributed by atoms with E-state index in [1.807, 2.05) is 0 Å². The van der Waals surface area contributed by atoms with Gasteiger partial charge in [0, 0.05) is 17.2 Å². The second-order valence-corrected chi connectivity index (χ2v) is 5.35. The third-order valence-electron chi connectivity index (χ3n) is 2.77. The van der Waals surface area contributed by atoms with Crippen LogP contribution in [-0.2, 0) is 11.0 Å². The van der Waals surface area contributed by atoms with Crippen LogP contribution in [0.15, 0.2) is 36.4 Å². The van der Waals surface area contributed by atoms with Gasteiger partial charge >= 0.3 is 12.1 Å². The SMILES string of the molecule is NCC(=O)Oc1ccc(Cl)cc1Oc1ccc(C(F)(F)F)c(Cl)c1. The van der Waals surface area contributed by atoms with Crippen LogP contribution >= 0.6 is 23.2 Å². The number of carbonyl (C=O) groups excluding carboxylic acids is 1. The Morgan fingerprint density at radius 1 is 1.08 bits per heavy atom. The van der Waals surface area contributed by atoms with Gasteiger partial charge in [-0.05, 0) is 24.3 Å². The van der Waals surface area contributed by atoms with E-state index in [9.17, 15) is 18.0 Å². The molecule has 0 unspecified atom stereocenters. The van der Waals surface area contributed by atoms with Crippen molar-refractivity contribution < 1.29 is 27.4 Å². The van der Waals surface area contributed by atoms with E-state index in [-0.39, 0.29) is 28.8 Å². The summed E-state index contributed by atoms with van der Waals surface area (Å²) in [5.41, 5.74) is 4.18. The molecule has 0 aliphatic heterocycles. The zero-order chi connectivity index (χ0) is 17.9. The first kappa shape index (κ1) is 18.4. The van der Waals surface area contributed by atoms with Gasteiger partial charge < -0.3 is 15.2 Å². The Balaban J connectivity index is 2.32. The lowest BCUT2D eigenvalue weighted by molar-refractivity contribution is -0.137. The highest BCUT2D eigenvalue weighted by Crippen LogP contribution is 2.39. The second kappa shape index (κ2) is 7.29. The molecule has 0 aliphatic carbocycles. The smallest absolute Gasteiger partial charge is 0.417 e. The number of esters is 1. The van der Waals surface area contributed by atoms with Crippen molar-refractivity contribution in [2.24, 2.45) is 5.73 Å². The summed E-state index contributed by atoms with van der Waals surface area (Å²) in [5, 5.41) is -0.252. The number of nitrogens with two attached hydrogens (primary N) is 1. The molecule has 2 aromatic carbocycles. The highest BCUT2D eigenvalue weighted by Gasteiger charge is 2.33. The summed E-state index contributed by atoms with van der Waals surface area (Å²) in [7, 11) is 0. The van der Waals surface area contributed by atoms with Crippen LogP contribution < -0.4 is 15.2 Å². The van der Waals surface area contributed by atoms with Gasteiger partial charge in [-0.2, -0.15) is 13.2 Å². The van der Waals surface area contributed by atoms with Gasteiger partial charge in [0.25, 0.3) is 0 Å². The Hall–Kier alpha value is -1.96. The molecular formula is C15H10Cl2F3NO3. The van der Waals surface area contributed by atoms with Crippen LogP contribution in [-0.4, -0.2) is 12.5 Å². The number of ether oxygens (including phenoxy) is 2. The predicted molar refractivity (Wildman–Crippen MR) is 82.7 cm³/mol. The molecule has 128 valence electrons. The van der Waals surface area contributed by atoms with Crippen LogP contribution in [0, 0.1) is 0 Å². The largest absolute Gasteiger partial charge is 0.453 e. The summed E-state index contributed by atoms with van der Waals surface area (Å²) in [6.07, 6.45) is -4.58. The van der Waals surface area contributed by atoms with E-state index in [4.69, 9.17) is 38.4 Å². The normalized spacial score (nSPS) is 11.2. The van der Waals surface area contributed by atoms with Crippen molar-refractivity contribution in [3.8, 4) is 17.2 Å². The fourth-order valence-corrected chi connectivity index (χ4v) is 2.17. The standard InChI is InChI=1S/C15H10Cl2F3NO3/c16-8-1-4-12(24-14(22)7-21)13(5-8)23-9-2-3-10(11(17)6-9)15(18,19)20/h1-6H,7,21H2. The molecule has 0 saturated heterocycles. The van der Waals surface area contributed by atoms with E-state index in [0.29, 0.717) is 0 Å². The summed E-state index contributed by atoms with van der Waals surface area (Å²) >= 11 is 11.5. The first-order chi connectivity index (χ1) is 11.2. The Bertz CT molecular complexity index is 766. The monoisotopic (exact) mass is 379 g/mol.